The molecule has 1 saturated carbocycles. The molecule has 0 spiro atoms. The van der Waals surface area contributed by atoms with Crippen LogP contribution >= 0.6 is 0 Å². The summed E-state index contributed by atoms with van der Waals surface area (Å²) in [6, 6.07) is 3.60. The van der Waals surface area contributed by atoms with Crippen LogP contribution in [0.5, 0.6) is 0 Å². The molecule has 0 aromatic carbocycles. The zero-order valence-corrected chi connectivity index (χ0v) is 13.7. The molecule has 1 aliphatic heterocycles. The van der Waals surface area contributed by atoms with Crippen molar-refractivity contribution in [2.75, 3.05) is 33.7 Å². The van der Waals surface area contributed by atoms with Gasteiger partial charge in [-0.2, -0.15) is 5.26 Å². The summed E-state index contributed by atoms with van der Waals surface area (Å²) >= 11 is 0. The molecule has 1 saturated heterocycles. The molecule has 0 aromatic heterocycles. The number of nitrogens with one attached hydrogen (secondary N) is 1. The maximum Gasteiger partial charge on any atom is 0.122 e. The normalized spacial score (nSPS) is 30.7. The first-order chi connectivity index (χ1) is 9.38. The van der Waals surface area contributed by atoms with Crippen molar-refractivity contribution < 1.29 is 0 Å². The summed E-state index contributed by atoms with van der Waals surface area (Å²) < 4.78 is 0. The molecule has 2 fully saturated rings. The van der Waals surface area contributed by atoms with Gasteiger partial charge in [0.25, 0.3) is 0 Å². The van der Waals surface area contributed by atoms with Gasteiger partial charge in [-0.1, -0.05) is 6.92 Å². The van der Waals surface area contributed by atoms with Crippen LogP contribution in [0.4, 0.5) is 0 Å². The van der Waals surface area contributed by atoms with E-state index < -0.39 is 0 Å². The fourth-order valence-corrected chi connectivity index (χ4v) is 3.74. The van der Waals surface area contributed by atoms with Gasteiger partial charge in [0.1, 0.15) is 5.54 Å². The minimum atomic E-state index is -0.338. The highest BCUT2D eigenvalue weighted by Gasteiger charge is 2.48. The molecule has 0 bridgehead atoms. The van der Waals surface area contributed by atoms with Crippen molar-refractivity contribution in [3.8, 4) is 6.07 Å². The van der Waals surface area contributed by atoms with Crippen molar-refractivity contribution in [1.29, 1.82) is 5.26 Å². The van der Waals surface area contributed by atoms with Crippen molar-refractivity contribution in [1.82, 2.24) is 15.1 Å². The Morgan fingerprint density at radius 2 is 2.00 bits per heavy atom. The Bertz CT molecular complexity index is 369. The van der Waals surface area contributed by atoms with Crippen molar-refractivity contribution in [2.24, 2.45) is 11.8 Å². The van der Waals surface area contributed by atoms with Crippen LogP contribution in [0.3, 0.4) is 0 Å². The Labute approximate surface area is 124 Å². The number of likely N-dealkylation sites (tertiary alicyclic amines) is 1. The summed E-state index contributed by atoms with van der Waals surface area (Å²) in [6.45, 7) is 9.68. The third-order valence-electron chi connectivity index (χ3n) is 4.80. The van der Waals surface area contributed by atoms with Crippen LogP contribution in [0.15, 0.2) is 0 Å². The molecule has 1 heterocycles. The van der Waals surface area contributed by atoms with Gasteiger partial charge in [0, 0.05) is 31.7 Å². The van der Waals surface area contributed by atoms with Crippen molar-refractivity contribution in [3.05, 3.63) is 0 Å². The lowest BCUT2D eigenvalue weighted by Crippen LogP contribution is -2.56. The lowest BCUT2D eigenvalue weighted by molar-refractivity contribution is 0.202. The Morgan fingerprint density at radius 3 is 2.40 bits per heavy atom. The van der Waals surface area contributed by atoms with Crippen LogP contribution in [0.2, 0.25) is 0 Å². The van der Waals surface area contributed by atoms with Gasteiger partial charge in [0.05, 0.1) is 6.07 Å². The highest BCUT2D eigenvalue weighted by molar-refractivity contribution is 5.17. The number of likely N-dealkylation sites (N-methyl/N-ethyl adjacent to an activating group) is 1. The zero-order chi connectivity index (χ0) is 14.9. The maximum absolute atomic E-state index is 9.79. The van der Waals surface area contributed by atoms with E-state index in [1.165, 1.54) is 12.8 Å². The number of rotatable bonds is 6. The van der Waals surface area contributed by atoms with Crippen LogP contribution in [0.1, 0.15) is 33.6 Å². The van der Waals surface area contributed by atoms with E-state index in [1.807, 2.05) is 0 Å². The van der Waals surface area contributed by atoms with Crippen LogP contribution in [-0.2, 0) is 0 Å². The number of nitrogens with zero attached hydrogens (tertiary/aromatic N) is 3. The summed E-state index contributed by atoms with van der Waals surface area (Å²) in [5.41, 5.74) is -0.338. The quantitative estimate of drug-likeness (QED) is 0.800. The second-order valence-corrected chi connectivity index (χ2v) is 7.36. The van der Waals surface area contributed by atoms with E-state index in [0.717, 1.165) is 19.6 Å². The fraction of sp³-hybridized carbons (Fsp3) is 0.938. The average molecular weight is 278 g/mol. The number of hydrogen-bond donors (Lipinski definition) is 1. The van der Waals surface area contributed by atoms with Gasteiger partial charge in [0.15, 0.2) is 0 Å². The second-order valence-electron chi connectivity index (χ2n) is 7.36. The summed E-state index contributed by atoms with van der Waals surface area (Å²) in [5.74, 6) is 1.23. The first-order valence-corrected chi connectivity index (χ1v) is 7.95. The fourth-order valence-electron chi connectivity index (χ4n) is 3.74. The van der Waals surface area contributed by atoms with E-state index in [9.17, 15) is 5.26 Å². The predicted molar refractivity (Wildman–Crippen MR) is 82.4 cm³/mol. The van der Waals surface area contributed by atoms with Crippen molar-refractivity contribution >= 4 is 0 Å². The van der Waals surface area contributed by atoms with Gasteiger partial charge < -0.3 is 4.90 Å². The standard InChI is InChI=1S/C16H30N4/c1-12(2)18-16(10-17,14-6-7-14)11-20-8-13(3)15(9-20)19(4)5/h12-15,18H,6-9,11H2,1-5H3. The van der Waals surface area contributed by atoms with Crippen LogP contribution in [-0.4, -0.2) is 61.2 Å². The Kier molecular flexibility index (Phi) is 4.73. The molecule has 3 atom stereocenters. The first kappa shape index (κ1) is 15.8. The predicted octanol–water partition coefficient (Wildman–Crippen LogP) is 1.54. The van der Waals surface area contributed by atoms with Gasteiger partial charge in [-0.15, -0.1) is 0 Å². The zero-order valence-electron chi connectivity index (χ0n) is 13.7. The second kappa shape index (κ2) is 6.01. The SMILES string of the molecule is CC(C)NC(C#N)(CN1CC(C)C(N(C)C)C1)C1CC1. The molecule has 0 aromatic rings. The van der Waals surface area contributed by atoms with E-state index in [2.05, 4.69) is 56.1 Å². The summed E-state index contributed by atoms with van der Waals surface area (Å²) in [7, 11) is 4.32. The molecule has 1 aliphatic carbocycles. The third-order valence-corrected chi connectivity index (χ3v) is 4.80. The molecule has 0 radical (unpaired) electrons. The molecule has 1 N–H and O–H groups in total. The molecule has 2 aliphatic rings. The highest BCUT2D eigenvalue weighted by Crippen LogP contribution is 2.41. The minimum absolute atomic E-state index is 0.338. The van der Waals surface area contributed by atoms with E-state index in [-0.39, 0.29) is 5.54 Å². The Hall–Kier alpha value is -0.630. The smallest absolute Gasteiger partial charge is 0.122 e. The number of hydrogen-bond acceptors (Lipinski definition) is 4. The number of nitriles is 1. The van der Waals surface area contributed by atoms with Gasteiger partial charge in [-0.05, 0) is 52.6 Å². The monoisotopic (exact) mass is 278 g/mol. The summed E-state index contributed by atoms with van der Waals surface area (Å²) in [6.07, 6.45) is 2.40. The topological polar surface area (TPSA) is 42.3 Å². The lowest BCUT2D eigenvalue weighted by atomic mass is 9.93. The molecule has 4 heteroatoms. The van der Waals surface area contributed by atoms with Crippen LogP contribution in [0, 0.1) is 23.2 Å². The molecule has 114 valence electrons. The highest BCUT2D eigenvalue weighted by atomic mass is 15.3. The molecule has 0 amide bonds. The van der Waals surface area contributed by atoms with E-state index in [0.29, 0.717) is 23.9 Å². The van der Waals surface area contributed by atoms with Gasteiger partial charge in [-0.3, -0.25) is 10.2 Å². The van der Waals surface area contributed by atoms with E-state index >= 15 is 0 Å². The largest absolute Gasteiger partial charge is 0.305 e. The molecular formula is C16H30N4. The molecule has 4 nitrogen and oxygen atoms in total. The molecule has 3 unspecified atom stereocenters. The molecular weight excluding hydrogens is 248 g/mol. The first-order valence-electron chi connectivity index (χ1n) is 7.95. The average Bonchev–Trinajstić information content (AvgIpc) is 3.13. The summed E-state index contributed by atoms with van der Waals surface area (Å²) in [4.78, 5) is 4.82. The Morgan fingerprint density at radius 1 is 1.35 bits per heavy atom. The van der Waals surface area contributed by atoms with Crippen molar-refractivity contribution in [2.45, 2.75) is 51.2 Å². The van der Waals surface area contributed by atoms with E-state index in [1.54, 1.807) is 0 Å². The van der Waals surface area contributed by atoms with Gasteiger partial charge in [0.2, 0.25) is 0 Å². The van der Waals surface area contributed by atoms with E-state index in [4.69, 9.17) is 0 Å². The van der Waals surface area contributed by atoms with Crippen molar-refractivity contribution in [3.63, 3.8) is 0 Å². The maximum atomic E-state index is 9.79. The van der Waals surface area contributed by atoms with Gasteiger partial charge >= 0.3 is 0 Å². The summed E-state index contributed by atoms with van der Waals surface area (Å²) in [5, 5.41) is 13.4. The molecule has 2 rings (SSSR count). The Balaban J connectivity index is 2.04. The van der Waals surface area contributed by atoms with Crippen LogP contribution in [0.25, 0.3) is 0 Å². The lowest BCUT2D eigenvalue weighted by Gasteiger charge is -2.34. The minimum Gasteiger partial charge on any atom is -0.305 e. The molecule has 20 heavy (non-hydrogen) atoms. The third kappa shape index (κ3) is 3.33. The van der Waals surface area contributed by atoms with Gasteiger partial charge in [-0.25, -0.2) is 0 Å². The van der Waals surface area contributed by atoms with Crippen LogP contribution < -0.4 is 5.32 Å².